The van der Waals surface area contributed by atoms with Crippen LogP contribution in [-0.2, 0) is 14.6 Å². The molecule has 0 aromatic heterocycles. The first-order chi connectivity index (χ1) is 9.91. The maximum absolute atomic E-state index is 12.2. The number of benzene rings is 1. The highest BCUT2D eigenvalue weighted by Crippen LogP contribution is 2.22. The largest absolute Gasteiger partial charge is 0.384 e. The molecule has 1 fully saturated rings. The fourth-order valence-electron chi connectivity index (χ4n) is 2.24. The van der Waals surface area contributed by atoms with Crippen LogP contribution in [0.1, 0.15) is 17.5 Å². The molecule has 1 aromatic carbocycles. The van der Waals surface area contributed by atoms with Gasteiger partial charge in [-0.05, 0) is 31.0 Å². The lowest BCUT2D eigenvalue weighted by atomic mass is 10.1. The lowest BCUT2D eigenvalue weighted by Crippen LogP contribution is -2.24. The topological polar surface area (TPSA) is 83.5 Å². The smallest absolute Gasteiger partial charge is 0.228 e. The van der Waals surface area contributed by atoms with Crippen LogP contribution in [0.2, 0.25) is 0 Å². The first-order valence-corrected chi connectivity index (χ1v) is 8.45. The van der Waals surface area contributed by atoms with Crippen LogP contribution in [0.3, 0.4) is 0 Å². The lowest BCUT2D eigenvalue weighted by molar-refractivity contribution is -0.119. The Balaban J connectivity index is 2.19. The molecule has 1 amide bonds. The van der Waals surface area contributed by atoms with Crippen molar-refractivity contribution >= 4 is 21.4 Å². The molecule has 1 aliphatic heterocycles. The average Bonchev–Trinajstić information content (AvgIpc) is 2.78. The number of nitrogens with one attached hydrogen (secondary N) is 1. The van der Waals surface area contributed by atoms with E-state index in [1.54, 1.807) is 12.1 Å². The maximum atomic E-state index is 12.2. The van der Waals surface area contributed by atoms with E-state index < -0.39 is 15.8 Å². The van der Waals surface area contributed by atoms with E-state index in [9.17, 15) is 13.2 Å². The second kappa shape index (κ2) is 6.29. The van der Waals surface area contributed by atoms with Gasteiger partial charge in [-0.1, -0.05) is 17.9 Å². The molecule has 0 bridgehead atoms. The summed E-state index contributed by atoms with van der Waals surface area (Å²) < 4.78 is 22.9. The fraction of sp³-hybridized carbons (Fsp3) is 0.400. The Morgan fingerprint density at radius 3 is 2.86 bits per heavy atom. The van der Waals surface area contributed by atoms with Crippen molar-refractivity contribution < 1.29 is 18.3 Å². The Bertz CT molecular complexity index is 713. The molecule has 1 unspecified atom stereocenters. The van der Waals surface area contributed by atoms with Gasteiger partial charge in [-0.25, -0.2) is 8.42 Å². The summed E-state index contributed by atoms with van der Waals surface area (Å²) in [4.78, 5) is 12.2. The number of hydrogen-bond donors (Lipinski definition) is 2. The molecule has 1 aliphatic rings. The second-order valence-corrected chi connectivity index (χ2v) is 7.33. The van der Waals surface area contributed by atoms with Crippen molar-refractivity contribution in [3.05, 3.63) is 29.3 Å². The van der Waals surface area contributed by atoms with Crippen LogP contribution < -0.4 is 5.32 Å². The Morgan fingerprint density at radius 2 is 2.24 bits per heavy atom. The van der Waals surface area contributed by atoms with Gasteiger partial charge in [-0.3, -0.25) is 4.79 Å². The molecule has 0 saturated carbocycles. The summed E-state index contributed by atoms with van der Waals surface area (Å²) in [6, 6.07) is 5.40. The van der Waals surface area contributed by atoms with Crippen molar-refractivity contribution in [3.63, 3.8) is 0 Å². The molecule has 2 N–H and O–H groups in total. The molecular weight excluding hydrogens is 290 g/mol. The number of carbonyl (C=O) groups is 1. The van der Waals surface area contributed by atoms with Crippen molar-refractivity contribution in [2.24, 2.45) is 5.92 Å². The summed E-state index contributed by atoms with van der Waals surface area (Å²) in [6.45, 7) is 1.63. The normalized spacial score (nSPS) is 19.6. The van der Waals surface area contributed by atoms with Crippen molar-refractivity contribution in [2.45, 2.75) is 13.3 Å². The van der Waals surface area contributed by atoms with Gasteiger partial charge < -0.3 is 10.4 Å². The van der Waals surface area contributed by atoms with Crippen molar-refractivity contribution in [3.8, 4) is 11.8 Å². The molecule has 6 heteroatoms. The molecule has 1 atom stereocenters. The van der Waals surface area contributed by atoms with Crippen LogP contribution in [0.4, 0.5) is 5.69 Å². The summed E-state index contributed by atoms with van der Waals surface area (Å²) in [5, 5.41) is 11.5. The summed E-state index contributed by atoms with van der Waals surface area (Å²) in [5.74, 6) is 4.48. The van der Waals surface area contributed by atoms with E-state index in [-0.39, 0.29) is 24.0 Å². The van der Waals surface area contributed by atoms with Crippen LogP contribution in [0.5, 0.6) is 0 Å². The number of carbonyl (C=O) groups excluding carboxylic acids is 1. The second-order valence-electron chi connectivity index (χ2n) is 5.10. The van der Waals surface area contributed by atoms with E-state index >= 15 is 0 Å². The zero-order valence-electron chi connectivity index (χ0n) is 11.7. The number of aliphatic hydroxyl groups is 1. The minimum Gasteiger partial charge on any atom is -0.384 e. The standard InChI is InChI=1S/C15H17NO4S/c1-11-4-5-12(3-2-7-17)14(9-11)16-15(18)13-6-8-21(19,20)10-13/h4-5,9,13,17H,6-8,10H2,1H3,(H,16,18). The Morgan fingerprint density at radius 1 is 1.48 bits per heavy atom. The van der Waals surface area contributed by atoms with Crippen molar-refractivity contribution in [2.75, 3.05) is 23.4 Å². The van der Waals surface area contributed by atoms with Gasteiger partial charge in [-0.15, -0.1) is 0 Å². The van der Waals surface area contributed by atoms with E-state index in [1.165, 1.54) is 0 Å². The van der Waals surface area contributed by atoms with E-state index in [4.69, 9.17) is 5.11 Å². The van der Waals surface area contributed by atoms with Gasteiger partial charge in [-0.2, -0.15) is 0 Å². The van der Waals surface area contributed by atoms with Crippen LogP contribution in [0.25, 0.3) is 0 Å². The van der Waals surface area contributed by atoms with Gasteiger partial charge in [0.1, 0.15) is 6.61 Å². The molecule has 5 nitrogen and oxygen atoms in total. The number of anilines is 1. The molecule has 0 radical (unpaired) electrons. The number of aliphatic hydroxyl groups excluding tert-OH is 1. The Kier molecular flexibility index (Phi) is 4.66. The van der Waals surface area contributed by atoms with Crippen LogP contribution >= 0.6 is 0 Å². The number of sulfone groups is 1. The average molecular weight is 307 g/mol. The third kappa shape index (κ3) is 4.06. The summed E-state index contributed by atoms with van der Waals surface area (Å²) in [5.41, 5.74) is 2.10. The van der Waals surface area contributed by atoms with Crippen molar-refractivity contribution in [1.29, 1.82) is 0 Å². The first-order valence-electron chi connectivity index (χ1n) is 6.63. The molecule has 21 heavy (non-hydrogen) atoms. The first kappa shape index (κ1) is 15.5. The maximum Gasteiger partial charge on any atom is 0.228 e. The molecule has 1 saturated heterocycles. The predicted molar refractivity (Wildman–Crippen MR) is 80.5 cm³/mol. The van der Waals surface area contributed by atoms with E-state index in [1.807, 2.05) is 13.0 Å². The molecule has 1 aromatic rings. The molecule has 0 spiro atoms. The number of amides is 1. The van der Waals surface area contributed by atoms with E-state index in [0.29, 0.717) is 17.7 Å². The lowest BCUT2D eigenvalue weighted by Gasteiger charge is -2.12. The van der Waals surface area contributed by atoms with Gasteiger partial charge >= 0.3 is 0 Å². The minimum absolute atomic E-state index is 0.0656. The predicted octanol–water partition coefficient (Wildman–Crippen LogP) is 0.712. The third-order valence-electron chi connectivity index (χ3n) is 3.34. The number of hydrogen-bond acceptors (Lipinski definition) is 4. The van der Waals surface area contributed by atoms with Crippen molar-refractivity contribution in [1.82, 2.24) is 0 Å². The van der Waals surface area contributed by atoms with Gasteiger partial charge in [0.05, 0.1) is 23.1 Å². The molecule has 0 aliphatic carbocycles. The SMILES string of the molecule is Cc1ccc(C#CCO)c(NC(=O)C2CCS(=O)(=O)C2)c1. The highest BCUT2D eigenvalue weighted by Gasteiger charge is 2.33. The third-order valence-corrected chi connectivity index (χ3v) is 5.11. The van der Waals surface area contributed by atoms with E-state index in [2.05, 4.69) is 17.2 Å². The fourth-order valence-corrected chi connectivity index (χ4v) is 3.98. The summed E-state index contributed by atoms with van der Waals surface area (Å²) in [7, 11) is -3.09. The van der Waals surface area contributed by atoms with Gasteiger partial charge in [0.2, 0.25) is 5.91 Å². The van der Waals surface area contributed by atoms with Gasteiger partial charge in [0.25, 0.3) is 0 Å². The summed E-state index contributed by atoms with van der Waals surface area (Å²) >= 11 is 0. The van der Waals surface area contributed by atoms with Crippen LogP contribution in [-0.4, -0.2) is 37.5 Å². The zero-order valence-corrected chi connectivity index (χ0v) is 12.5. The molecule has 1 heterocycles. The molecular formula is C15H17NO4S. The Hall–Kier alpha value is -1.84. The number of rotatable bonds is 2. The van der Waals surface area contributed by atoms with Crippen LogP contribution in [0, 0.1) is 24.7 Å². The molecule has 112 valence electrons. The van der Waals surface area contributed by atoms with Gasteiger partial charge in [0.15, 0.2) is 9.84 Å². The molecule has 2 rings (SSSR count). The number of aryl methyl sites for hydroxylation is 1. The minimum atomic E-state index is -3.09. The van der Waals surface area contributed by atoms with Crippen LogP contribution in [0.15, 0.2) is 18.2 Å². The highest BCUT2D eigenvalue weighted by molar-refractivity contribution is 7.91. The monoisotopic (exact) mass is 307 g/mol. The Labute approximate surface area is 124 Å². The van der Waals surface area contributed by atoms with E-state index in [0.717, 1.165) is 5.56 Å². The zero-order chi connectivity index (χ0) is 15.5. The summed E-state index contributed by atoms with van der Waals surface area (Å²) in [6.07, 6.45) is 0.359. The highest BCUT2D eigenvalue weighted by atomic mass is 32.2. The van der Waals surface area contributed by atoms with Gasteiger partial charge in [0, 0.05) is 5.56 Å². The quantitative estimate of drug-likeness (QED) is 0.788.